The summed E-state index contributed by atoms with van der Waals surface area (Å²) < 4.78 is 1.93. The van der Waals surface area contributed by atoms with Gasteiger partial charge in [-0.25, -0.2) is 4.98 Å². The molecule has 0 saturated heterocycles. The van der Waals surface area contributed by atoms with Crippen LogP contribution in [0.5, 0.6) is 0 Å². The van der Waals surface area contributed by atoms with Crippen LogP contribution in [0.2, 0.25) is 0 Å². The lowest BCUT2D eigenvalue weighted by atomic mass is 10.3. The van der Waals surface area contributed by atoms with Gasteiger partial charge < -0.3 is 4.57 Å². The number of nitrogens with one attached hydrogen (secondary N) is 1. The highest BCUT2D eigenvalue weighted by molar-refractivity contribution is 5.56. The number of H-pyrrole nitrogens is 1. The minimum absolute atomic E-state index is 0.887. The Morgan fingerprint density at radius 3 is 3.00 bits per heavy atom. The first kappa shape index (κ1) is 8.84. The largest absolute Gasteiger partial charge is 0.304 e. The van der Waals surface area contributed by atoms with E-state index in [4.69, 9.17) is 0 Å². The molecule has 0 aliphatic carbocycles. The molecule has 0 bridgehead atoms. The molecule has 5 nitrogen and oxygen atoms in total. The zero-order valence-corrected chi connectivity index (χ0v) is 8.41. The van der Waals surface area contributed by atoms with Crippen molar-refractivity contribution in [2.75, 3.05) is 0 Å². The fourth-order valence-corrected chi connectivity index (χ4v) is 1.51. The Labute approximate surface area is 91.8 Å². The fraction of sp³-hybridized carbons (Fsp3) is 0. The molecule has 0 unspecified atom stereocenters. The quantitative estimate of drug-likeness (QED) is 0.701. The number of hydrogen-bond donors (Lipinski definition) is 1. The summed E-state index contributed by atoms with van der Waals surface area (Å²) >= 11 is 0. The van der Waals surface area contributed by atoms with E-state index in [9.17, 15) is 0 Å². The van der Waals surface area contributed by atoms with Crippen LogP contribution in [0, 0.1) is 0 Å². The minimum Gasteiger partial charge on any atom is -0.304 e. The van der Waals surface area contributed by atoms with E-state index in [1.165, 1.54) is 0 Å². The average Bonchev–Trinajstić information content (AvgIpc) is 3.01. The standard InChI is InChI=1S/C11H9N5/c1-2-10(6-12-3-1)16-7-11(13-8-16)9-4-14-15-5-9/h1-8H,(H,14,15). The van der Waals surface area contributed by atoms with Crippen LogP contribution < -0.4 is 0 Å². The van der Waals surface area contributed by atoms with Gasteiger partial charge in [0.15, 0.2) is 0 Å². The number of aromatic nitrogens is 5. The van der Waals surface area contributed by atoms with Crippen molar-refractivity contribution < 1.29 is 0 Å². The maximum Gasteiger partial charge on any atom is 0.1000 e. The van der Waals surface area contributed by atoms with E-state index < -0.39 is 0 Å². The van der Waals surface area contributed by atoms with Crippen molar-refractivity contribution >= 4 is 0 Å². The van der Waals surface area contributed by atoms with Gasteiger partial charge in [-0.2, -0.15) is 5.10 Å². The molecule has 1 N–H and O–H groups in total. The lowest BCUT2D eigenvalue weighted by Gasteiger charge is -1.98. The Kier molecular flexibility index (Phi) is 2.00. The zero-order valence-electron chi connectivity index (χ0n) is 8.41. The molecule has 0 fully saturated rings. The van der Waals surface area contributed by atoms with E-state index in [0.29, 0.717) is 0 Å². The lowest BCUT2D eigenvalue weighted by molar-refractivity contribution is 1.04. The second-order valence-corrected chi connectivity index (χ2v) is 3.36. The molecule has 0 spiro atoms. The number of nitrogens with zero attached hydrogens (tertiary/aromatic N) is 4. The minimum atomic E-state index is 0.887. The van der Waals surface area contributed by atoms with E-state index in [1.807, 2.05) is 29.1 Å². The van der Waals surface area contributed by atoms with Gasteiger partial charge >= 0.3 is 0 Å². The molecule has 3 rings (SSSR count). The normalized spacial score (nSPS) is 10.5. The van der Waals surface area contributed by atoms with Crippen molar-refractivity contribution in [1.29, 1.82) is 0 Å². The van der Waals surface area contributed by atoms with Crippen molar-refractivity contribution in [3.05, 3.63) is 49.4 Å². The Morgan fingerprint density at radius 2 is 2.25 bits per heavy atom. The predicted octanol–water partition coefficient (Wildman–Crippen LogP) is 1.66. The van der Waals surface area contributed by atoms with Gasteiger partial charge in [-0.3, -0.25) is 10.1 Å². The molecule has 78 valence electrons. The lowest BCUT2D eigenvalue weighted by Crippen LogP contribution is -1.89. The second-order valence-electron chi connectivity index (χ2n) is 3.36. The molecule has 0 aliphatic heterocycles. The molecule has 0 aromatic carbocycles. The monoisotopic (exact) mass is 211 g/mol. The highest BCUT2D eigenvalue weighted by Crippen LogP contribution is 2.16. The van der Waals surface area contributed by atoms with E-state index in [0.717, 1.165) is 16.9 Å². The molecule has 3 aromatic rings. The molecular formula is C11H9N5. The third-order valence-electron chi connectivity index (χ3n) is 2.32. The average molecular weight is 211 g/mol. The summed E-state index contributed by atoms with van der Waals surface area (Å²) in [5.41, 5.74) is 2.85. The van der Waals surface area contributed by atoms with Gasteiger partial charge in [0.25, 0.3) is 0 Å². The first-order valence-electron chi connectivity index (χ1n) is 4.87. The molecule has 16 heavy (non-hydrogen) atoms. The van der Waals surface area contributed by atoms with Gasteiger partial charge in [0.05, 0.1) is 30.1 Å². The van der Waals surface area contributed by atoms with Crippen LogP contribution in [0.15, 0.2) is 49.4 Å². The molecule has 3 heterocycles. The molecular weight excluding hydrogens is 202 g/mol. The van der Waals surface area contributed by atoms with E-state index in [-0.39, 0.29) is 0 Å². The molecule has 3 aromatic heterocycles. The van der Waals surface area contributed by atoms with Gasteiger partial charge in [0.2, 0.25) is 0 Å². The Balaban J connectivity index is 2.00. The maximum atomic E-state index is 4.31. The topological polar surface area (TPSA) is 59.4 Å². The predicted molar refractivity (Wildman–Crippen MR) is 58.9 cm³/mol. The van der Waals surface area contributed by atoms with Crippen LogP contribution in [0.4, 0.5) is 0 Å². The summed E-state index contributed by atoms with van der Waals surface area (Å²) in [5, 5.41) is 6.66. The third kappa shape index (κ3) is 1.48. The number of rotatable bonds is 2. The van der Waals surface area contributed by atoms with E-state index in [1.54, 1.807) is 24.9 Å². The van der Waals surface area contributed by atoms with Gasteiger partial charge in [-0.1, -0.05) is 0 Å². The molecule has 0 radical (unpaired) electrons. The Morgan fingerprint density at radius 1 is 1.25 bits per heavy atom. The molecule has 0 saturated carbocycles. The molecule has 0 amide bonds. The van der Waals surface area contributed by atoms with Gasteiger partial charge in [-0.15, -0.1) is 0 Å². The molecule has 0 atom stereocenters. The van der Waals surface area contributed by atoms with Crippen molar-refractivity contribution in [3.63, 3.8) is 0 Å². The van der Waals surface area contributed by atoms with Crippen LogP contribution >= 0.6 is 0 Å². The van der Waals surface area contributed by atoms with Crippen LogP contribution in [0.25, 0.3) is 16.9 Å². The van der Waals surface area contributed by atoms with Crippen molar-refractivity contribution in [2.24, 2.45) is 0 Å². The number of hydrogen-bond acceptors (Lipinski definition) is 3. The van der Waals surface area contributed by atoms with Crippen LogP contribution in [-0.2, 0) is 0 Å². The van der Waals surface area contributed by atoms with Crippen LogP contribution in [-0.4, -0.2) is 24.7 Å². The summed E-state index contributed by atoms with van der Waals surface area (Å²) in [6.07, 6.45) is 10.8. The van der Waals surface area contributed by atoms with Crippen LogP contribution in [0.3, 0.4) is 0 Å². The Hall–Kier alpha value is -2.43. The molecule has 5 heteroatoms. The number of imidazole rings is 1. The number of pyridine rings is 1. The first-order chi connectivity index (χ1) is 7.93. The van der Waals surface area contributed by atoms with Crippen molar-refractivity contribution in [2.45, 2.75) is 0 Å². The first-order valence-corrected chi connectivity index (χ1v) is 4.87. The smallest absolute Gasteiger partial charge is 0.1000 e. The second kappa shape index (κ2) is 3.62. The summed E-state index contributed by atoms with van der Waals surface area (Å²) in [6, 6.07) is 3.88. The van der Waals surface area contributed by atoms with Crippen molar-refractivity contribution in [3.8, 4) is 16.9 Å². The zero-order chi connectivity index (χ0) is 10.8. The molecule has 0 aliphatic rings. The third-order valence-corrected chi connectivity index (χ3v) is 2.32. The van der Waals surface area contributed by atoms with Gasteiger partial charge in [0.1, 0.15) is 0 Å². The highest BCUT2D eigenvalue weighted by Gasteiger charge is 2.03. The van der Waals surface area contributed by atoms with E-state index >= 15 is 0 Å². The summed E-state index contributed by atoms with van der Waals surface area (Å²) in [7, 11) is 0. The van der Waals surface area contributed by atoms with E-state index in [2.05, 4.69) is 20.2 Å². The summed E-state index contributed by atoms with van der Waals surface area (Å²) in [5.74, 6) is 0. The summed E-state index contributed by atoms with van der Waals surface area (Å²) in [6.45, 7) is 0. The van der Waals surface area contributed by atoms with Crippen LogP contribution in [0.1, 0.15) is 0 Å². The number of aromatic amines is 1. The van der Waals surface area contributed by atoms with Gasteiger partial charge in [0, 0.05) is 24.2 Å². The summed E-state index contributed by atoms with van der Waals surface area (Å²) in [4.78, 5) is 8.38. The van der Waals surface area contributed by atoms with Crippen molar-refractivity contribution in [1.82, 2.24) is 24.7 Å². The SMILES string of the molecule is c1cncc(-n2cnc(-c3cn[nH]c3)c2)c1. The fourth-order valence-electron chi connectivity index (χ4n) is 1.51. The highest BCUT2D eigenvalue weighted by atomic mass is 15.1. The maximum absolute atomic E-state index is 4.31. The van der Waals surface area contributed by atoms with Gasteiger partial charge in [-0.05, 0) is 12.1 Å². The Bertz CT molecular complexity index is 567.